The second kappa shape index (κ2) is 6.85. The summed E-state index contributed by atoms with van der Waals surface area (Å²) in [5.41, 5.74) is 0.219. The number of alkyl halides is 3. The Kier molecular flexibility index (Phi) is 4.78. The van der Waals surface area contributed by atoms with Crippen LogP contribution in [0, 0.1) is 0 Å². The summed E-state index contributed by atoms with van der Waals surface area (Å²) in [5, 5.41) is 3.55. The number of amides is 1. The Morgan fingerprint density at radius 1 is 1.04 bits per heavy atom. The molecule has 1 heterocycles. The molecule has 0 bridgehead atoms. The molecule has 0 aliphatic carbocycles. The molecule has 1 aromatic heterocycles. The molecule has 3 rings (SSSR count). The van der Waals surface area contributed by atoms with Crippen molar-refractivity contribution in [2.75, 3.05) is 5.32 Å². The van der Waals surface area contributed by atoms with Gasteiger partial charge in [-0.05, 0) is 42.0 Å². The number of carbonyl (C=O) groups excluding carboxylic acids is 1. The summed E-state index contributed by atoms with van der Waals surface area (Å²) in [6.45, 7) is 0. The summed E-state index contributed by atoms with van der Waals surface area (Å²) in [5.74, 6) is -0.522. The summed E-state index contributed by atoms with van der Waals surface area (Å²) >= 11 is 7.10. The molecular formula is C17H10ClF3N2OS. The van der Waals surface area contributed by atoms with Gasteiger partial charge in [0.15, 0.2) is 5.13 Å². The van der Waals surface area contributed by atoms with E-state index in [0.29, 0.717) is 10.2 Å². The first-order valence-electron chi connectivity index (χ1n) is 7.03. The number of thiazole rings is 1. The first kappa shape index (κ1) is 17.4. The van der Waals surface area contributed by atoms with Gasteiger partial charge in [0.05, 0.1) is 10.4 Å². The van der Waals surface area contributed by atoms with Crippen LogP contribution in [0.4, 0.5) is 18.3 Å². The summed E-state index contributed by atoms with van der Waals surface area (Å²) in [4.78, 5) is 17.1. The van der Waals surface area contributed by atoms with E-state index in [9.17, 15) is 18.0 Å². The van der Waals surface area contributed by atoms with Crippen molar-refractivity contribution in [1.29, 1.82) is 0 Å². The van der Waals surface area contributed by atoms with Crippen molar-refractivity contribution < 1.29 is 18.0 Å². The van der Waals surface area contributed by atoms with Gasteiger partial charge in [-0.25, -0.2) is 4.98 Å². The Morgan fingerprint density at radius 2 is 1.68 bits per heavy atom. The Labute approximate surface area is 150 Å². The fourth-order valence-corrected chi connectivity index (χ4v) is 3.00. The second-order valence-corrected chi connectivity index (χ2v) is 6.53. The standard InChI is InChI=1S/C17H10ClF3N2OS/c18-13-7-3-10(4-8-13)14-9-22-16(25-14)23-15(24)11-1-5-12(6-2-11)17(19,20)21/h1-9H,(H,22,23,24). The number of nitrogens with zero attached hydrogens (tertiary/aromatic N) is 1. The number of nitrogens with one attached hydrogen (secondary N) is 1. The van der Waals surface area contributed by atoms with Gasteiger partial charge in [-0.3, -0.25) is 10.1 Å². The van der Waals surface area contributed by atoms with Gasteiger partial charge in [0.1, 0.15) is 0 Å². The van der Waals surface area contributed by atoms with Crippen LogP contribution in [0.2, 0.25) is 5.02 Å². The quantitative estimate of drug-likeness (QED) is 0.628. The Morgan fingerprint density at radius 3 is 2.28 bits per heavy atom. The predicted octanol–water partition coefficient (Wildman–Crippen LogP) is 5.73. The summed E-state index contributed by atoms with van der Waals surface area (Å²) < 4.78 is 37.6. The van der Waals surface area contributed by atoms with Gasteiger partial charge in [0.2, 0.25) is 0 Å². The minimum absolute atomic E-state index is 0.122. The normalized spacial score (nSPS) is 11.4. The van der Waals surface area contributed by atoms with Crippen LogP contribution in [-0.4, -0.2) is 10.9 Å². The first-order valence-corrected chi connectivity index (χ1v) is 8.23. The highest BCUT2D eigenvalue weighted by atomic mass is 35.5. The van der Waals surface area contributed by atoms with Crippen molar-refractivity contribution in [3.8, 4) is 10.4 Å². The maximum atomic E-state index is 12.5. The fraction of sp³-hybridized carbons (Fsp3) is 0.0588. The van der Waals surface area contributed by atoms with Crippen molar-refractivity contribution >= 4 is 34.0 Å². The number of rotatable bonds is 3. The Balaban J connectivity index is 1.72. The highest BCUT2D eigenvalue weighted by molar-refractivity contribution is 7.19. The molecule has 2 aromatic carbocycles. The van der Waals surface area contributed by atoms with Crippen LogP contribution in [0.15, 0.2) is 54.7 Å². The van der Waals surface area contributed by atoms with Crippen LogP contribution in [0.3, 0.4) is 0 Å². The van der Waals surface area contributed by atoms with E-state index in [1.807, 2.05) is 12.1 Å². The zero-order chi connectivity index (χ0) is 18.0. The van der Waals surface area contributed by atoms with Crippen molar-refractivity contribution in [2.24, 2.45) is 0 Å². The van der Waals surface area contributed by atoms with Crippen molar-refractivity contribution in [2.45, 2.75) is 6.18 Å². The molecule has 25 heavy (non-hydrogen) atoms. The van der Waals surface area contributed by atoms with Crippen molar-refractivity contribution in [1.82, 2.24) is 4.98 Å². The number of carbonyl (C=O) groups is 1. The lowest BCUT2D eigenvalue weighted by atomic mass is 10.1. The van der Waals surface area contributed by atoms with Crippen LogP contribution >= 0.6 is 22.9 Å². The molecule has 0 unspecified atom stereocenters. The molecule has 1 N–H and O–H groups in total. The lowest BCUT2D eigenvalue weighted by molar-refractivity contribution is -0.137. The maximum absolute atomic E-state index is 12.5. The third kappa shape index (κ3) is 4.18. The molecule has 0 fully saturated rings. The molecule has 1 amide bonds. The van der Waals surface area contributed by atoms with E-state index in [1.54, 1.807) is 18.3 Å². The number of aromatic nitrogens is 1. The molecule has 0 radical (unpaired) electrons. The van der Waals surface area contributed by atoms with Crippen LogP contribution in [0.1, 0.15) is 15.9 Å². The number of anilines is 1. The molecule has 0 saturated heterocycles. The van der Waals surface area contributed by atoms with E-state index in [-0.39, 0.29) is 5.56 Å². The smallest absolute Gasteiger partial charge is 0.298 e. The van der Waals surface area contributed by atoms with Gasteiger partial charge >= 0.3 is 6.18 Å². The molecule has 0 atom stereocenters. The van der Waals surface area contributed by atoms with Gasteiger partial charge in [-0.1, -0.05) is 35.1 Å². The van der Waals surface area contributed by atoms with Crippen LogP contribution in [0.25, 0.3) is 10.4 Å². The highest BCUT2D eigenvalue weighted by Crippen LogP contribution is 2.31. The van der Waals surface area contributed by atoms with E-state index < -0.39 is 17.6 Å². The van der Waals surface area contributed by atoms with E-state index in [2.05, 4.69) is 10.3 Å². The number of hydrogen-bond donors (Lipinski definition) is 1. The lowest BCUT2D eigenvalue weighted by Crippen LogP contribution is -2.12. The molecule has 3 aromatic rings. The van der Waals surface area contributed by atoms with E-state index in [0.717, 1.165) is 34.7 Å². The zero-order valence-corrected chi connectivity index (χ0v) is 14.0. The Hall–Kier alpha value is -2.38. The summed E-state index contributed by atoms with van der Waals surface area (Å²) in [6.07, 6.45) is -2.83. The summed E-state index contributed by atoms with van der Waals surface area (Å²) in [6, 6.07) is 11.2. The maximum Gasteiger partial charge on any atom is 0.416 e. The molecule has 0 aliphatic rings. The average Bonchev–Trinajstić information content (AvgIpc) is 3.03. The van der Waals surface area contributed by atoms with Gasteiger partial charge < -0.3 is 0 Å². The predicted molar refractivity (Wildman–Crippen MR) is 92.0 cm³/mol. The molecular weight excluding hydrogens is 373 g/mol. The second-order valence-electron chi connectivity index (χ2n) is 5.07. The largest absolute Gasteiger partial charge is 0.416 e. The van der Waals surface area contributed by atoms with Gasteiger partial charge in [0, 0.05) is 16.8 Å². The van der Waals surface area contributed by atoms with Gasteiger partial charge in [0.25, 0.3) is 5.91 Å². The number of hydrogen-bond acceptors (Lipinski definition) is 3. The Bertz CT molecular complexity index is 890. The van der Waals surface area contributed by atoms with Gasteiger partial charge in [-0.2, -0.15) is 13.2 Å². The third-order valence-corrected chi connectivity index (χ3v) is 4.54. The minimum atomic E-state index is -4.43. The molecule has 128 valence electrons. The van der Waals surface area contributed by atoms with Crippen LogP contribution in [-0.2, 0) is 6.18 Å². The number of benzene rings is 2. The molecule has 0 aliphatic heterocycles. The fourth-order valence-electron chi connectivity index (χ4n) is 2.06. The molecule has 3 nitrogen and oxygen atoms in total. The van der Waals surface area contributed by atoms with Crippen molar-refractivity contribution in [3.05, 3.63) is 70.9 Å². The SMILES string of the molecule is O=C(Nc1ncc(-c2ccc(Cl)cc2)s1)c1ccc(C(F)(F)F)cc1. The highest BCUT2D eigenvalue weighted by Gasteiger charge is 2.30. The lowest BCUT2D eigenvalue weighted by Gasteiger charge is -2.07. The first-order chi connectivity index (χ1) is 11.8. The summed E-state index contributed by atoms with van der Waals surface area (Å²) in [7, 11) is 0. The van der Waals surface area contributed by atoms with Crippen LogP contribution < -0.4 is 5.32 Å². The van der Waals surface area contributed by atoms with E-state index in [4.69, 9.17) is 11.6 Å². The van der Waals surface area contributed by atoms with Gasteiger partial charge in [-0.15, -0.1) is 0 Å². The molecule has 8 heteroatoms. The third-order valence-electron chi connectivity index (χ3n) is 3.33. The van der Waals surface area contributed by atoms with Crippen LogP contribution in [0.5, 0.6) is 0 Å². The van der Waals surface area contributed by atoms with Crippen molar-refractivity contribution in [3.63, 3.8) is 0 Å². The molecule has 0 spiro atoms. The molecule has 0 saturated carbocycles. The van der Waals surface area contributed by atoms with E-state index >= 15 is 0 Å². The minimum Gasteiger partial charge on any atom is -0.298 e. The zero-order valence-electron chi connectivity index (χ0n) is 12.5. The topological polar surface area (TPSA) is 42.0 Å². The average molecular weight is 383 g/mol. The number of halogens is 4. The monoisotopic (exact) mass is 382 g/mol. The van der Waals surface area contributed by atoms with E-state index in [1.165, 1.54) is 11.3 Å².